The predicted molar refractivity (Wildman–Crippen MR) is 185 cm³/mol. The van der Waals surface area contributed by atoms with Gasteiger partial charge in [-0.05, 0) is 23.3 Å². The summed E-state index contributed by atoms with van der Waals surface area (Å²) in [5.74, 6) is -1.16. The molecule has 4 heterocycles. The van der Waals surface area contributed by atoms with E-state index in [0.29, 0.717) is 5.69 Å². The lowest BCUT2D eigenvalue weighted by Gasteiger charge is -2.38. The number of imide groups is 1. The van der Waals surface area contributed by atoms with E-state index in [1.807, 2.05) is 83.0 Å². The van der Waals surface area contributed by atoms with E-state index in [1.165, 1.54) is 30.7 Å². The van der Waals surface area contributed by atoms with Crippen LogP contribution in [0.2, 0.25) is 0 Å². The average Bonchev–Trinajstić information content (AvgIpc) is 3.64. The van der Waals surface area contributed by atoms with Crippen LogP contribution in [0.3, 0.4) is 0 Å². The zero-order chi connectivity index (χ0) is 30.4. The van der Waals surface area contributed by atoms with Crippen LogP contribution in [0, 0.1) is 11.8 Å². The first-order valence-corrected chi connectivity index (χ1v) is 17.9. The molecule has 0 radical (unpaired) electrons. The Morgan fingerprint density at radius 1 is 0.698 bits per heavy atom. The molecule has 0 saturated carbocycles. The largest absolute Gasteiger partial charge is 0.274 e. The Morgan fingerprint density at radius 3 is 1.84 bits per heavy atom. The fourth-order valence-electron chi connectivity index (χ4n) is 6.95. The summed E-state index contributed by atoms with van der Waals surface area (Å²) in [6.45, 7) is 13.5. The van der Waals surface area contributed by atoms with Crippen molar-refractivity contribution in [1.29, 1.82) is 0 Å². The lowest BCUT2D eigenvalue weighted by atomic mass is 9.67. The molecule has 0 unspecified atom stereocenters. The molecule has 2 amide bonds. The third-order valence-electron chi connectivity index (χ3n) is 8.17. The number of benzene rings is 3. The Labute approximate surface area is 271 Å². The van der Waals surface area contributed by atoms with Gasteiger partial charge >= 0.3 is 0 Å². The molecule has 220 valence electrons. The van der Waals surface area contributed by atoms with E-state index in [-0.39, 0.29) is 21.3 Å². The van der Waals surface area contributed by atoms with Gasteiger partial charge in [-0.1, -0.05) is 120 Å². The Hall–Kier alpha value is -2.45. The molecule has 1 aromatic heterocycles. The Morgan fingerprint density at radius 2 is 1.26 bits per heavy atom. The molecule has 2 saturated heterocycles. The zero-order valence-electron chi connectivity index (χ0n) is 25.2. The maximum absolute atomic E-state index is 14.8. The summed E-state index contributed by atoms with van der Waals surface area (Å²) in [6.07, 6.45) is 0. The molecule has 0 spiro atoms. The van der Waals surface area contributed by atoms with Crippen molar-refractivity contribution in [2.45, 2.75) is 64.1 Å². The smallest absolute Gasteiger partial charge is 0.240 e. The number of para-hydroxylation sites is 1. The van der Waals surface area contributed by atoms with E-state index in [9.17, 15) is 9.59 Å². The second-order valence-electron chi connectivity index (χ2n) is 13.4. The minimum absolute atomic E-state index is 0.0354. The number of thioether (sulfide) groups is 3. The van der Waals surface area contributed by atoms with Crippen molar-refractivity contribution in [3.63, 3.8) is 0 Å². The molecule has 4 atom stereocenters. The van der Waals surface area contributed by atoms with Crippen molar-refractivity contribution >= 4 is 64.1 Å². The Bertz CT molecular complexity index is 1720. The number of anilines is 1. The van der Waals surface area contributed by atoms with Gasteiger partial charge in [-0.15, -0.1) is 46.6 Å². The molecule has 3 aromatic carbocycles. The van der Waals surface area contributed by atoms with Gasteiger partial charge in [0.15, 0.2) is 0 Å². The number of amides is 2. The van der Waals surface area contributed by atoms with Crippen LogP contribution in [0.25, 0.3) is 10.4 Å². The first-order valence-electron chi connectivity index (χ1n) is 14.7. The first kappa shape index (κ1) is 29.3. The third kappa shape index (κ3) is 4.40. The van der Waals surface area contributed by atoms with Gasteiger partial charge in [-0.25, -0.2) is 4.90 Å². The van der Waals surface area contributed by atoms with Crippen molar-refractivity contribution in [3.8, 4) is 10.4 Å². The van der Waals surface area contributed by atoms with Crippen LogP contribution in [0.5, 0.6) is 0 Å². The van der Waals surface area contributed by atoms with E-state index in [2.05, 4.69) is 96.1 Å². The van der Waals surface area contributed by atoms with Gasteiger partial charge in [0.1, 0.15) is 4.08 Å². The normalized spacial score (nSPS) is 26.2. The van der Waals surface area contributed by atoms with Crippen molar-refractivity contribution < 1.29 is 9.59 Å². The van der Waals surface area contributed by atoms with E-state index < -0.39 is 20.7 Å². The Kier molecular flexibility index (Phi) is 6.83. The summed E-state index contributed by atoms with van der Waals surface area (Å²) in [6, 6.07) is 30.7. The van der Waals surface area contributed by atoms with E-state index in [4.69, 9.17) is 0 Å². The number of nitrogens with zero attached hydrogens (tertiary/aromatic N) is 1. The highest BCUT2D eigenvalue weighted by Crippen LogP contribution is 2.83. The molecule has 4 aromatic rings. The molecule has 2 bridgehead atoms. The highest BCUT2D eigenvalue weighted by molar-refractivity contribution is 8.19. The van der Waals surface area contributed by atoms with Crippen LogP contribution < -0.4 is 4.90 Å². The second kappa shape index (κ2) is 10.0. The maximum Gasteiger partial charge on any atom is 0.240 e. The van der Waals surface area contributed by atoms with Gasteiger partial charge in [0, 0.05) is 25.5 Å². The van der Waals surface area contributed by atoms with Crippen molar-refractivity contribution in [2.24, 2.45) is 11.8 Å². The lowest BCUT2D eigenvalue weighted by Crippen LogP contribution is -2.41. The van der Waals surface area contributed by atoms with Crippen LogP contribution in [0.4, 0.5) is 5.69 Å². The monoisotopic (exact) mass is 641 g/mol. The molecule has 2 fully saturated rings. The molecule has 7 heteroatoms. The number of carbonyl (C=O) groups is 2. The van der Waals surface area contributed by atoms with Crippen LogP contribution in [0.1, 0.15) is 58.2 Å². The summed E-state index contributed by atoms with van der Waals surface area (Å²) >= 11 is 7.48. The zero-order valence-corrected chi connectivity index (χ0v) is 28.5. The molecular weight excluding hydrogens is 607 g/mol. The molecule has 3 aliphatic rings. The minimum atomic E-state index is -0.688. The molecule has 7 rings (SSSR count). The van der Waals surface area contributed by atoms with Crippen LogP contribution in [0.15, 0.2) is 95.2 Å². The maximum atomic E-state index is 14.8. The molecule has 3 nitrogen and oxygen atoms in total. The summed E-state index contributed by atoms with van der Waals surface area (Å²) in [7, 11) is 0. The fraction of sp³-hybridized carbons (Fsp3) is 0.333. The number of fused-ring (bicyclic) bond motifs is 8. The van der Waals surface area contributed by atoms with Gasteiger partial charge < -0.3 is 0 Å². The van der Waals surface area contributed by atoms with Crippen molar-refractivity contribution in [3.05, 3.63) is 108 Å². The fourth-order valence-corrected chi connectivity index (χ4v) is 15.4. The first-order chi connectivity index (χ1) is 20.4. The summed E-state index contributed by atoms with van der Waals surface area (Å²) in [4.78, 5) is 32.4. The van der Waals surface area contributed by atoms with Crippen molar-refractivity contribution in [1.82, 2.24) is 0 Å². The molecule has 0 N–H and O–H groups in total. The van der Waals surface area contributed by atoms with E-state index in [0.717, 1.165) is 5.56 Å². The number of carbonyl (C=O) groups excluding carboxylic acids is 2. The van der Waals surface area contributed by atoms with Crippen LogP contribution in [-0.4, -0.2) is 21.3 Å². The van der Waals surface area contributed by atoms with Crippen LogP contribution >= 0.6 is 46.6 Å². The minimum Gasteiger partial charge on any atom is -0.274 e. The van der Waals surface area contributed by atoms with Crippen molar-refractivity contribution in [2.75, 3.05) is 4.90 Å². The van der Waals surface area contributed by atoms with Gasteiger partial charge in [0.25, 0.3) is 0 Å². The quantitative estimate of drug-likeness (QED) is 0.160. The molecule has 43 heavy (non-hydrogen) atoms. The standard InChI is InChI=1S/C36H35NO2S4/c1-33(2,3)41-32-28-25(29(40-32)22-16-10-7-11-17-22)36(42-34(4,5)6)27-26(35(28,43-36)23-18-12-8-13-19-23)30(38)37(31(27)39)24-20-14-9-15-21-24/h7-21,26-27H,1-6H3/t26-,27+,35+,36+/m1/s1. The topological polar surface area (TPSA) is 37.4 Å². The third-order valence-corrected chi connectivity index (χ3v) is 14.4. The Balaban J connectivity index is 1.60. The molecule has 3 aliphatic heterocycles. The van der Waals surface area contributed by atoms with Gasteiger partial charge in [-0.3, -0.25) is 9.59 Å². The van der Waals surface area contributed by atoms with E-state index in [1.54, 1.807) is 0 Å². The SMILES string of the molecule is CC(C)(C)Sc1sc(-c2ccccc2)c2c1[C@@]1(c3ccccc3)S[C@]2(SC(C)(C)C)[C@@H]2C(=O)N(c3ccccc3)C(=O)[C@@H]21. The molecule has 0 aliphatic carbocycles. The lowest BCUT2D eigenvalue weighted by molar-refractivity contribution is -0.122. The van der Waals surface area contributed by atoms with Crippen LogP contribution in [-0.2, 0) is 18.4 Å². The van der Waals surface area contributed by atoms with Gasteiger partial charge in [0.2, 0.25) is 11.8 Å². The highest BCUT2D eigenvalue weighted by atomic mass is 32.2. The number of hydrogen-bond acceptors (Lipinski definition) is 6. The summed E-state index contributed by atoms with van der Waals surface area (Å²) < 4.78 is -0.268. The predicted octanol–water partition coefficient (Wildman–Crippen LogP) is 9.80. The highest BCUT2D eigenvalue weighted by Gasteiger charge is 2.79. The van der Waals surface area contributed by atoms with E-state index >= 15 is 0 Å². The van der Waals surface area contributed by atoms with Gasteiger partial charge in [0.05, 0.1) is 26.5 Å². The number of rotatable bonds is 5. The molecular formula is C36H35NO2S4. The second-order valence-corrected chi connectivity index (χ2v) is 20.4. The number of hydrogen-bond donors (Lipinski definition) is 0. The summed E-state index contributed by atoms with van der Waals surface area (Å²) in [5, 5.41) is 0. The number of thiophene rings is 1. The summed E-state index contributed by atoms with van der Waals surface area (Å²) in [5.41, 5.74) is 5.44. The average molecular weight is 642 g/mol. The van der Waals surface area contributed by atoms with Gasteiger partial charge in [-0.2, -0.15) is 0 Å².